The highest BCUT2D eigenvalue weighted by molar-refractivity contribution is 9.10. The van der Waals surface area contributed by atoms with Gasteiger partial charge in [0.05, 0.1) is 18.1 Å². The SMILES string of the molecule is COc1ccc(CCn2c(=S)[nH]c3cc(Br)ccc32)cc1. The minimum Gasteiger partial charge on any atom is -0.497 e. The molecule has 0 saturated carbocycles. The summed E-state index contributed by atoms with van der Waals surface area (Å²) >= 11 is 8.90. The highest BCUT2D eigenvalue weighted by Crippen LogP contribution is 2.20. The van der Waals surface area contributed by atoms with Crippen LogP contribution in [-0.2, 0) is 13.0 Å². The summed E-state index contributed by atoms with van der Waals surface area (Å²) in [6, 6.07) is 14.3. The zero-order chi connectivity index (χ0) is 14.8. The maximum atomic E-state index is 5.42. The van der Waals surface area contributed by atoms with Gasteiger partial charge in [0.2, 0.25) is 0 Å². The first-order valence-corrected chi connectivity index (χ1v) is 7.88. The molecule has 3 nitrogen and oxygen atoms in total. The molecule has 3 aromatic rings. The van der Waals surface area contributed by atoms with E-state index in [1.54, 1.807) is 7.11 Å². The number of nitrogens with zero attached hydrogens (tertiary/aromatic N) is 1. The van der Waals surface area contributed by atoms with Crippen molar-refractivity contribution in [2.75, 3.05) is 7.11 Å². The number of H-pyrrole nitrogens is 1. The maximum absolute atomic E-state index is 5.42. The van der Waals surface area contributed by atoms with E-state index in [1.807, 2.05) is 18.2 Å². The number of halogens is 1. The summed E-state index contributed by atoms with van der Waals surface area (Å²) in [5, 5.41) is 0. The number of rotatable bonds is 4. The number of aromatic amines is 1. The molecule has 0 fully saturated rings. The van der Waals surface area contributed by atoms with Gasteiger partial charge in [0.15, 0.2) is 4.77 Å². The highest BCUT2D eigenvalue weighted by atomic mass is 79.9. The van der Waals surface area contributed by atoms with Crippen molar-refractivity contribution in [2.24, 2.45) is 0 Å². The molecule has 21 heavy (non-hydrogen) atoms. The average Bonchev–Trinajstić information content (AvgIpc) is 2.80. The van der Waals surface area contributed by atoms with Crippen molar-refractivity contribution < 1.29 is 4.74 Å². The predicted molar refractivity (Wildman–Crippen MR) is 91.5 cm³/mol. The first-order chi connectivity index (χ1) is 10.2. The van der Waals surface area contributed by atoms with Crippen LogP contribution in [0.1, 0.15) is 5.56 Å². The fourth-order valence-corrected chi connectivity index (χ4v) is 3.05. The molecule has 0 aliphatic carbocycles. The average molecular weight is 363 g/mol. The van der Waals surface area contributed by atoms with Gasteiger partial charge < -0.3 is 14.3 Å². The lowest BCUT2D eigenvalue weighted by Crippen LogP contribution is -2.01. The molecule has 1 N–H and O–H groups in total. The lowest BCUT2D eigenvalue weighted by molar-refractivity contribution is 0.414. The number of fused-ring (bicyclic) bond motifs is 1. The second-order valence-electron chi connectivity index (χ2n) is 4.84. The van der Waals surface area contributed by atoms with E-state index in [4.69, 9.17) is 17.0 Å². The molecule has 0 aliphatic rings. The van der Waals surface area contributed by atoms with Crippen LogP contribution in [0.25, 0.3) is 11.0 Å². The van der Waals surface area contributed by atoms with Gasteiger partial charge in [0.1, 0.15) is 5.75 Å². The van der Waals surface area contributed by atoms with Crippen molar-refractivity contribution in [3.63, 3.8) is 0 Å². The maximum Gasteiger partial charge on any atom is 0.178 e. The van der Waals surface area contributed by atoms with Gasteiger partial charge in [-0.2, -0.15) is 0 Å². The number of hydrogen-bond acceptors (Lipinski definition) is 2. The zero-order valence-electron chi connectivity index (χ0n) is 11.6. The van der Waals surface area contributed by atoms with E-state index in [0.717, 1.165) is 39.0 Å². The van der Waals surface area contributed by atoms with Crippen LogP contribution >= 0.6 is 28.1 Å². The number of aromatic nitrogens is 2. The fourth-order valence-electron chi connectivity index (χ4n) is 2.39. The van der Waals surface area contributed by atoms with Crippen LogP contribution in [0.5, 0.6) is 5.75 Å². The Morgan fingerprint density at radius 3 is 2.67 bits per heavy atom. The Bertz CT molecular complexity index is 820. The molecule has 0 unspecified atom stereocenters. The van der Waals surface area contributed by atoms with Gasteiger partial charge in [0.25, 0.3) is 0 Å². The predicted octanol–water partition coefficient (Wildman–Crippen LogP) is 4.71. The fraction of sp³-hybridized carbons (Fsp3) is 0.188. The largest absolute Gasteiger partial charge is 0.497 e. The third-order valence-electron chi connectivity index (χ3n) is 3.52. The van der Waals surface area contributed by atoms with Crippen molar-refractivity contribution in [3.05, 3.63) is 57.3 Å². The van der Waals surface area contributed by atoms with Gasteiger partial charge in [-0.05, 0) is 54.5 Å². The zero-order valence-corrected chi connectivity index (χ0v) is 14.0. The van der Waals surface area contributed by atoms with Gasteiger partial charge in [-0.25, -0.2) is 0 Å². The molecule has 5 heteroatoms. The van der Waals surface area contributed by atoms with Crippen molar-refractivity contribution in [1.29, 1.82) is 0 Å². The number of aryl methyl sites for hydroxylation is 2. The highest BCUT2D eigenvalue weighted by Gasteiger charge is 2.05. The van der Waals surface area contributed by atoms with Gasteiger partial charge in [-0.1, -0.05) is 28.1 Å². The number of nitrogens with one attached hydrogen (secondary N) is 1. The molecule has 0 atom stereocenters. The van der Waals surface area contributed by atoms with Crippen molar-refractivity contribution in [3.8, 4) is 5.75 Å². The summed E-state index contributed by atoms with van der Waals surface area (Å²) in [4.78, 5) is 3.25. The Labute approximate surface area is 136 Å². The Morgan fingerprint density at radius 2 is 1.95 bits per heavy atom. The van der Waals surface area contributed by atoms with E-state index in [9.17, 15) is 0 Å². The van der Waals surface area contributed by atoms with Crippen LogP contribution in [0, 0.1) is 4.77 Å². The Hall–Kier alpha value is -1.59. The number of hydrogen-bond donors (Lipinski definition) is 1. The molecule has 1 aromatic heterocycles. The van der Waals surface area contributed by atoms with Gasteiger partial charge >= 0.3 is 0 Å². The monoisotopic (exact) mass is 362 g/mol. The van der Waals surface area contributed by atoms with Crippen LogP contribution in [0.15, 0.2) is 46.9 Å². The van der Waals surface area contributed by atoms with Gasteiger partial charge in [-0.15, -0.1) is 0 Å². The van der Waals surface area contributed by atoms with Crippen molar-refractivity contribution >= 4 is 39.2 Å². The summed E-state index contributed by atoms with van der Waals surface area (Å²) in [5.74, 6) is 0.882. The quantitative estimate of drug-likeness (QED) is 0.681. The third-order valence-corrected chi connectivity index (χ3v) is 4.33. The van der Waals surface area contributed by atoms with Crippen LogP contribution in [0.3, 0.4) is 0 Å². The Morgan fingerprint density at radius 1 is 1.19 bits per heavy atom. The standard InChI is InChI=1S/C16H15BrN2OS/c1-20-13-5-2-11(3-6-13)8-9-19-15-7-4-12(17)10-14(15)18-16(19)21/h2-7,10H,8-9H2,1H3,(H,18,21). The van der Waals surface area contributed by atoms with Crippen molar-refractivity contribution in [1.82, 2.24) is 9.55 Å². The number of ether oxygens (including phenoxy) is 1. The summed E-state index contributed by atoms with van der Waals surface area (Å²) in [7, 11) is 1.68. The second kappa shape index (κ2) is 6.03. The van der Waals surface area contributed by atoms with Crippen LogP contribution in [0.2, 0.25) is 0 Å². The van der Waals surface area contributed by atoms with Crippen LogP contribution in [-0.4, -0.2) is 16.7 Å². The summed E-state index contributed by atoms with van der Waals surface area (Å²) in [5.41, 5.74) is 3.46. The lowest BCUT2D eigenvalue weighted by atomic mass is 10.1. The lowest BCUT2D eigenvalue weighted by Gasteiger charge is -2.06. The first-order valence-electron chi connectivity index (χ1n) is 6.68. The molecule has 3 rings (SSSR count). The van der Waals surface area contributed by atoms with E-state index in [0.29, 0.717) is 0 Å². The summed E-state index contributed by atoms with van der Waals surface area (Å²) < 4.78 is 9.13. The summed E-state index contributed by atoms with van der Waals surface area (Å²) in [6.07, 6.45) is 0.932. The van der Waals surface area contributed by atoms with E-state index in [2.05, 4.69) is 49.7 Å². The third kappa shape index (κ3) is 3.04. The molecule has 0 saturated heterocycles. The van der Waals surface area contributed by atoms with Crippen LogP contribution < -0.4 is 4.74 Å². The molecule has 0 radical (unpaired) electrons. The molecular weight excluding hydrogens is 348 g/mol. The second-order valence-corrected chi connectivity index (χ2v) is 6.14. The Balaban J connectivity index is 1.84. The summed E-state index contributed by atoms with van der Waals surface area (Å²) in [6.45, 7) is 0.854. The minimum atomic E-state index is 0.761. The van der Waals surface area contributed by atoms with E-state index in [1.165, 1.54) is 5.56 Å². The molecule has 2 aromatic carbocycles. The van der Waals surface area contributed by atoms with Crippen molar-refractivity contribution in [2.45, 2.75) is 13.0 Å². The number of methoxy groups -OCH3 is 1. The molecule has 108 valence electrons. The van der Waals surface area contributed by atoms with Gasteiger partial charge in [0, 0.05) is 11.0 Å². The van der Waals surface area contributed by atoms with E-state index in [-0.39, 0.29) is 0 Å². The van der Waals surface area contributed by atoms with Crippen LogP contribution in [0.4, 0.5) is 0 Å². The number of benzene rings is 2. The minimum absolute atomic E-state index is 0.761. The molecular formula is C16H15BrN2OS. The topological polar surface area (TPSA) is 29.9 Å². The molecule has 0 aliphatic heterocycles. The molecule has 0 bridgehead atoms. The first kappa shape index (κ1) is 14.4. The van der Waals surface area contributed by atoms with E-state index < -0.39 is 0 Å². The molecule has 1 heterocycles. The molecule has 0 spiro atoms. The normalized spacial score (nSPS) is 11.0. The Kier molecular flexibility index (Phi) is 4.12. The van der Waals surface area contributed by atoms with E-state index >= 15 is 0 Å². The molecule has 0 amide bonds. The van der Waals surface area contributed by atoms with Gasteiger partial charge in [-0.3, -0.25) is 0 Å². The smallest absolute Gasteiger partial charge is 0.178 e. The number of imidazole rings is 1.